The van der Waals surface area contributed by atoms with Gasteiger partial charge >= 0.3 is 6.09 Å². The summed E-state index contributed by atoms with van der Waals surface area (Å²) in [4.78, 5) is 35.2. The summed E-state index contributed by atoms with van der Waals surface area (Å²) in [5.74, 6) is -1.85. The number of carbonyl (C=O) groups is 2. The molecule has 4 aliphatic rings. The molecule has 0 radical (unpaired) electrons. The Balaban J connectivity index is 1.38. The first-order valence-electron chi connectivity index (χ1n) is 21.0. The molecule has 2 amide bonds. The van der Waals surface area contributed by atoms with Crippen molar-refractivity contribution in [1.29, 1.82) is 0 Å². The molecule has 12 heteroatoms. The van der Waals surface area contributed by atoms with E-state index in [0.29, 0.717) is 36.6 Å². The fourth-order valence-corrected chi connectivity index (χ4v) is 9.43. The molecule has 7 rings (SSSR count). The minimum Gasteiger partial charge on any atom is -0.459 e. The van der Waals surface area contributed by atoms with E-state index in [4.69, 9.17) is 19.0 Å². The molecule has 6 atom stereocenters. The minimum atomic E-state index is -1.43. The molecule has 1 heterocycles. The number of fused-ring (bicyclic) bond motifs is 2. The first-order chi connectivity index (χ1) is 28.8. The molecule has 59 heavy (non-hydrogen) atoms. The summed E-state index contributed by atoms with van der Waals surface area (Å²) in [6.45, 7) is 4.77. The molecule has 6 unspecified atom stereocenters. The van der Waals surface area contributed by atoms with Crippen molar-refractivity contribution in [2.45, 2.75) is 88.6 Å². The second-order valence-electron chi connectivity index (χ2n) is 16.1. The summed E-state index contributed by atoms with van der Waals surface area (Å²) in [6.07, 6.45) is 9.57. The highest BCUT2D eigenvalue weighted by Gasteiger charge is 2.66. The Kier molecular flexibility index (Phi) is 13.8. The molecule has 0 aromatic heterocycles. The van der Waals surface area contributed by atoms with Crippen molar-refractivity contribution in [3.05, 3.63) is 120 Å². The number of rotatable bonds is 19. The van der Waals surface area contributed by atoms with Gasteiger partial charge < -0.3 is 39.5 Å². The topological polar surface area (TPSA) is 139 Å². The van der Waals surface area contributed by atoms with Crippen LogP contribution in [0, 0.1) is 29.5 Å². The van der Waals surface area contributed by atoms with Gasteiger partial charge in [-0.2, -0.15) is 0 Å². The average molecular weight is 810 g/mol. The molecule has 0 bridgehead atoms. The number of hydrogen-bond acceptors (Lipinski definition) is 9. The molecule has 0 saturated heterocycles. The number of allylic oxidation sites excluding steroid dienone is 1. The highest BCUT2D eigenvalue weighted by atomic mass is 19.1. The van der Waals surface area contributed by atoms with Gasteiger partial charge in [-0.25, -0.2) is 9.18 Å². The van der Waals surface area contributed by atoms with Crippen molar-refractivity contribution in [3.63, 3.8) is 0 Å². The molecular formula is C47H56FN3O8. The predicted molar refractivity (Wildman–Crippen MR) is 221 cm³/mol. The maximum Gasteiger partial charge on any atom is 0.412 e. The van der Waals surface area contributed by atoms with Crippen molar-refractivity contribution >= 4 is 17.7 Å². The van der Waals surface area contributed by atoms with Crippen LogP contribution in [0.2, 0.25) is 0 Å². The Labute approximate surface area is 345 Å². The van der Waals surface area contributed by atoms with Gasteiger partial charge in [-0.1, -0.05) is 72.6 Å². The number of amides is 2. The van der Waals surface area contributed by atoms with E-state index in [1.807, 2.05) is 47.4 Å². The van der Waals surface area contributed by atoms with Crippen molar-refractivity contribution in [1.82, 2.24) is 10.2 Å². The third kappa shape index (κ3) is 9.40. The van der Waals surface area contributed by atoms with Crippen molar-refractivity contribution in [2.75, 3.05) is 26.9 Å². The zero-order chi connectivity index (χ0) is 41.4. The number of benzene rings is 3. The van der Waals surface area contributed by atoms with Crippen LogP contribution in [0.4, 0.5) is 9.18 Å². The van der Waals surface area contributed by atoms with Crippen LogP contribution >= 0.6 is 0 Å². The Morgan fingerprint density at radius 1 is 1.00 bits per heavy atom. The summed E-state index contributed by atoms with van der Waals surface area (Å²) in [5, 5.41) is 27.2. The number of oxime groups is 1. The number of carbonyl (C=O) groups excluding carboxylic acids is 2. The van der Waals surface area contributed by atoms with E-state index in [1.54, 1.807) is 24.3 Å². The first kappa shape index (κ1) is 42.1. The van der Waals surface area contributed by atoms with Crippen LogP contribution in [0.15, 0.2) is 102 Å². The standard InChI is InChI=1S/C47H56FN3O8/c1-3-25-57-47-42(51(45(54)33-17-18-33)30-32-15-19-35(48)20-16-32)28-40(50-56-2)38-26-34(13-7-9-23-52)37(14-8-10-24-53)43(44(38)47)39-27-36(21-22-41(39)59-47)58-46(55)49-29-31-11-5-4-6-12-31/h3-6,11-12,15-16,19-22,26-27,33-34,37,42-44,52-53H,1,7-10,13-14,17-18,23-25,28-30H2,2H3,(H,49,55). The average Bonchev–Trinajstić information content (AvgIpc) is 4.10. The molecule has 0 spiro atoms. The van der Waals surface area contributed by atoms with Crippen LogP contribution < -0.4 is 14.8 Å². The van der Waals surface area contributed by atoms with E-state index in [0.717, 1.165) is 60.8 Å². The number of nitrogens with zero attached hydrogens (tertiary/aromatic N) is 2. The summed E-state index contributed by atoms with van der Waals surface area (Å²) in [7, 11) is 1.51. The van der Waals surface area contributed by atoms with Crippen molar-refractivity contribution in [3.8, 4) is 11.5 Å². The lowest BCUT2D eigenvalue weighted by Gasteiger charge is -2.60. The lowest BCUT2D eigenvalue weighted by atomic mass is 9.55. The first-order valence-corrected chi connectivity index (χ1v) is 21.0. The molecule has 3 aromatic rings. The van der Waals surface area contributed by atoms with Gasteiger partial charge in [0, 0.05) is 50.1 Å². The fraction of sp³-hybridized carbons (Fsp3) is 0.468. The lowest BCUT2D eigenvalue weighted by molar-refractivity contribution is -0.258. The monoisotopic (exact) mass is 809 g/mol. The minimum absolute atomic E-state index is 0.00210. The Morgan fingerprint density at radius 3 is 2.44 bits per heavy atom. The van der Waals surface area contributed by atoms with E-state index in [-0.39, 0.29) is 68.2 Å². The normalized spacial score (nSPS) is 24.8. The lowest BCUT2D eigenvalue weighted by Crippen LogP contribution is -2.70. The summed E-state index contributed by atoms with van der Waals surface area (Å²) >= 11 is 0. The number of aliphatic hydroxyl groups is 2. The zero-order valence-electron chi connectivity index (χ0n) is 33.8. The van der Waals surface area contributed by atoms with E-state index in [9.17, 15) is 24.2 Å². The Hall–Kier alpha value is -5.04. The van der Waals surface area contributed by atoms with Crippen LogP contribution in [-0.2, 0) is 27.5 Å². The molecule has 3 aliphatic carbocycles. The number of halogens is 1. The second-order valence-corrected chi connectivity index (χ2v) is 16.1. The van der Waals surface area contributed by atoms with Gasteiger partial charge in [-0.05, 0) is 97.4 Å². The van der Waals surface area contributed by atoms with Crippen LogP contribution in [0.3, 0.4) is 0 Å². The van der Waals surface area contributed by atoms with E-state index in [1.165, 1.54) is 19.2 Å². The molecule has 1 aliphatic heterocycles. The third-order valence-electron chi connectivity index (χ3n) is 12.2. The fourth-order valence-electron chi connectivity index (χ4n) is 9.43. The largest absolute Gasteiger partial charge is 0.459 e. The number of aliphatic hydroxyl groups excluding tert-OH is 2. The third-order valence-corrected chi connectivity index (χ3v) is 12.2. The van der Waals surface area contributed by atoms with E-state index < -0.39 is 23.8 Å². The van der Waals surface area contributed by atoms with Crippen LogP contribution in [0.1, 0.15) is 80.4 Å². The van der Waals surface area contributed by atoms with E-state index in [2.05, 4.69) is 23.1 Å². The number of hydrogen-bond donors (Lipinski definition) is 3. The van der Waals surface area contributed by atoms with Crippen molar-refractivity contribution < 1.29 is 43.2 Å². The highest BCUT2D eigenvalue weighted by Crippen LogP contribution is 2.62. The van der Waals surface area contributed by atoms with Gasteiger partial charge in [-0.3, -0.25) is 4.79 Å². The summed E-state index contributed by atoms with van der Waals surface area (Å²) in [6, 6.07) is 20.5. The quantitative estimate of drug-likeness (QED) is 0.0634. The molecule has 2 fully saturated rings. The van der Waals surface area contributed by atoms with Crippen LogP contribution in [-0.4, -0.2) is 71.6 Å². The molecule has 11 nitrogen and oxygen atoms in total. The Bertz CT molecular complexity index is 1990. The number of ether oxygens (including phenoxy) is 3. The van der Waals surface area contributed by atoms with Crippen molar-refractivity contribution in [2.24, 2.45) is 28.8 Å². The van der Waals surface area contributed by atoms with Crippen LogP contribution in [0.25, 0.3) is 0 Å². The van der Waals surface area contributed by atoms with Gasteiger partial charge in [0.15, 0.2) is 0 Å². The molecule has 3 aromatic carbocycles. The molecule has 2 saturated carbocycles. The summed E-state index contributed by atoms with van der Waals surface area (Å²) in [5.41, 5.74) is 4.12. The SMILES string of the molecule is C=CCOC12Oc3ccc(OC(=O)NCc4ccccc4)cc3C3C(CCCCO)C(CCCCO)C=C(C(=NOC)CC1N(Cc1ccc(F)cc1)C(=O)C1CC1)C32. The van der Waals surface area contributed by atoms with E-state index >= 15 is 0 Å². The molecule has 3 N–H and O–H groups in total. The van der Waals surface area contributed by atoms with Gasteiger partial charge in [0.25, 0.3) is 0 Å². The summed E-state index contributed by atoms with van der Waals surface area (Å²) < 4.78 is 34.4. The van der Waals surface area contributed by atoms with Gasteiger partial charge in [0.1, 0.15) is 30.5 Å². The predicted octanol–water partition coefficient (Wildman–Crippen LogP) is 7.82. The van der Waals surface area contributed by atoms with Gasteiger partial charge in [-0.15, -0.1) is 6.58 Å². The second kappa shape index (κ2) is 19.4. The maximum absolute atomic E-state index is 14.6. The highest BCUT2D eigenvalue weighted by molar-refractivity contribution is 6.03. The zero-order valence-corrected chi connectivity index (χ0v) is 33.8. The molecular weight excluding hydrogens is 754 g/mol. The number of nitrogens with one attached hydrogen (secondary N) is 1. The van der Waals surface area contributed by atoms with Gasteiger partial charge in [0.05, 0.1) is 18.2 Å². The Morgan fingerprint density at radius 2 is 1.75 bits per heavy atom. The smallest absolute Gasteiger partial charge is 0.412 e. The number of unbranched alkanes of at least 4 members (excludes halogenated alkanes) is 2. The van der Waals surface area contributed by atoms with Gasteiger partial charge in [0.2, 0.25) is 11.7 Å². The van der Waals surface area contributed by atoms with Crippen LogP contribution in [0.5, 0.6) is 11.5 Å². The molecule has 314 valence electrons. The maximum atomic E-state index is 14.6.